The Bertz CT molecular complexity index is 501. The van der Waals surface area contributed by atoms with Crippen LogP contribution in [-0.2, 0) is 6.42 Å². The molecule has 0 N–H and O–H groups in total. The van der Waals surface area contributed by atoms with Gasteiger partial charge < -0.3 is 0 Å². The second kappa shape index (κ2) is 4.48. The lowest BCUT2D eigenvalue weighted by Gasteiger charge is -2.05. The molecule has 1 heteroatoms. The Kier molecular flexibility index (Phi) is 3.04. The minimum atomic E-state index is -0.110. The van der Waals surface area contributed by atoms with Gasteiger partial charge in [0, 0.05) is 6.42 Å². The van der Waals surface area contributed by atoms with E-state index < -0.39 is 0 Å². The van der Waals surface area contributed by atoms with Gasteiger partial charge in [0.05, 0.1) is 0 Å². The Hall–Kier alpha value is -1.63. The van der Waals surface area contributed by atoms with Crippen LogP contribution in [-0.4, -0.2) is 0 Å². The topological polar surface area (TPSA) is 0 Å². The Balaban J connectivity index is 2.27. The molecule has 0 fully saturated rings. The molecule has 0 radical (unpaired) electrons. The van der Waals surface area contributed by atoms with Crippen LogP contribution in [0.5, 0.6) is 0 Å². The molecule has 2 rings (SSSR count). The molecule has 16 heavy (non-hydrogen) atoms. The van der Waals surface area contributed by atoms with E-state index in [1.165, 1.54) is 5.56 Å². The average Bonchev–Trinajstić information content (AvgIpc) is 2.22. The predicted molar refractivity (Wildman–Crippen MR) is 65.1 cm³/mol. The van der Waals surface area contributed by atoms with Crippen LogP contribution in [0.4, 0.5) is 4.39 Å². The van der Waals surface area contributed by atoms with Gasteiger partial charge in [-0.15, -0.1) is 0 Å². The first kappa shape index (κ1) is 10.9. The molecule has 0 bridgehead atoms. The van der Waals surface area contributed by atoms with Crippen LogP contribution in [0.25, 0.3) is 0 Å². The smallest absolute Gasteiger partial charge is 0.126 e. The summed E-state index contributed by atoms with van der Waals surface area (Å²) in [6, 6.07) is 13.6. The molecule has 0 unspecified atom stereocenters. The largest absolute Gasteiger partial charge is 0.207 e. The molecule has 0 aromatic heterocycles. The number of benzene rings is 2. The fraction of sp³-hybridized carbons (Fsp3) is 0.200. The number of halogens is 1. The van der Waals surface area contributed by atoms with Crippen LogP contribution in [0.3, 0.4) is 0 Å². The van der Waals surface area contributed by atoms with Gasteiger partial charge in [-0.2, -0.15) is 0 Å². The van der Waals surface area contributed by atoms with Gasteiger partial charge in [-0.05, 0) is 36.6 Å². The maximum absolute atomic E-state index is 13.6. The zero-order chi connectivity index (χ0) is 11.5. The molecular weight excluding hydrogens is 199 g/mol. The molecule has 0 saturated heterocycles. The van der Waals surface area contributed by atoms with Crippen molar-refractivity contribution < 1.29 is 4.39 Å². The highest BCUT2D eigenvalue weighted by Gasteiger charge is 2.03. The standard InChI is InChI=1S/C15H15F/c1-11-4-3-5-13(8-11)10-14-7-6-12(2)9-15(14)16/h3-9H,10H2,1-2H3. The van der Waals surface area contributed by atoms with Crippen molar-refractivity contribution in [1.29, 1.82) is 0 Å². The minimum Gasteiger partial charge on any atom is -0.207 e. The van der Waals surface area contributed by atoms with E-state index >= 15 is 0 Å². The van der Waals surface area contributed by atoms with Gasteiger partial charge in [-0.1, -0.05) is 42.0 Å². The highest BCUT2D eigenvalue weighted by Crippen LogP contribution is 2.15. The van der Waals surface area contributed by atoms with E-state index in [-0.39, 0.29) is 5.82 Å². The van der Waals surface area contributed by atoms with Crippen molar-refractivity contribution in [2.45, 2.75) is 20.3 Å². The summed E-state index contributed by atoms with van der Waals surface area (Å²) in [5, 5.41) is 0. The lowest BCUT2D eigenvalue weighted by Crippen LogP contribution is -1.93. The molecule has 2 aromatic carbocycles. The molecule has 0 aliphatic carbocycles. The third kappa shape index (κ3) is 2.48. The van der Waals surface area contributed by atoms with Crippen molar-refractivity contribution in [2.24, 2.45) is 0 Å². The quantitative estimate of drug-likeness (QED) is 0.708. The third-order valence-electron chi connectivity index (χ3n) is 2.69. The molecule has 82 valence electrons. The van der Waals surface area contributed by atoms with Gasteiger partial charge >= 0.3 is 0 Å². The molecule has 0 aliphatic heterocycles. The van der Waals surface area contributed by atoms with E-state index in [1.807, 2.05) is 31.2 Å². The van der Waals surface area contributed by atoms with E-state index in [2.05, 4.69) is 19.1 Å². The lowest BCUT2D eigenvalue weighted by atomic mass is 10.0. The molecule has 2 aromatic rings. The first-order valence-electron chi connectivity index (χ1n) is 5.46. The predicted octanol–water partition coefficient (Wildman–Crippen LogP) is 4.03. The molecular formula is C15H15F. The van der Waals surface area contributed by atoms with Gasteiger partial charge in [0.25, 0.3) is 0 Å². The van der Waals surface area contributed by atoms with Crippen molar-refractivity contribution in [3.63, 3.8) is 0 Å². The normalized spacial score (nSPS) is 10.4. The lowest BCUT2D eigenvalue weighted by molar-refractivity contribution is 0.612. The van der Waals surface area contributed by atoms with Gasteiger partial charge in [0.1, 0.15) is 5.82 Å². The number of hydrogen-bond acceptors (Lipinski definition) is 0. The third-order valence-corrected chi connectivity index (χ3v) is 2.69. The van der Waals surface area contributed by atoms with E-state index in [0.29, 0.717) is 6.42 Å². The Labute approximate surface area is 95.7 Å². The van der Waals surface area contributed by atoms with Crippen LogP contribution in [0.2, 0.25) is 0 Å². The van der Waals surface area contributed by atoms with Crippen LogP contribution in [0.1, 0.15) is 22.3 Å². The summed E-state index contributed by atoms with van der Waals surface area (Å²) in [6.07, 6.45) is 0.661. The van der Waals surface area contributed by atoms with E-state index in [1.54, 1.807) is 6.07 Å². The molecule has 0 nitrogen and oxygen atoms in total. The summed E-state index contributed by atoms with van der Waals surface area (Å²) in [5.74, 6) is -0.110. The molecule has 0 amide bonds. The zero-order valence-corrected chi connectivity index (χ0v) is 9.63. The van der Waals surface area contributed by atoms with E-state index in [0.717, 1.165) is 16.7 Å². The van der Waals surface area contributed by atoms with Gasteiger partial charge in [0.2, 0.25) is 0 Å². The Morgan fingerprint density at radius 2 is 1.69 bits per heavy atom. The summed E-state index contributed by atoms with van der Waals surface area (Å²) in [6.45, 7) is 3.95. The summed E-state index contributed by atoms with van der Waals surface area (Å²) < 4.78 is 13.6. The minimum absolute atomic E-state index is 0.110. The SMILES string of the molecule is Cc1cccc(Cc2ccc(C)cc2F)c1. The highest BCUT2D eigenvalue weighted by molar-refractivity contribution is 5.31. The second-order valence-electron chi connectivity index (χ2n) is 4.26. The second-order valence-corrected chi connectivity index (χ2v) is 4.26. The Morgan fingerprint density at radius 3 is 2.38 bits per heavy atom. The average molecular weight is 214 g/mol. The van der Waals surface area contributed by atoms with Crippen LogP contribution in [0.15, 0.2) is 42.5 Å². The molecule has 0 atom stereocenters. The van der Waals surface area contributed by atoms with Gasteiger partial charge in [0.15, 0.2) is 0 Å². The first-order valence-corrected chi connectivity index (χ1v) is 5.46. The van der Waals surface area contributed by atoms with E-state index in [9.17, 15) is 4.39 Å². The summed E-state index contributed by atoms with van der Waals surface area (Å²) in [7, 11) is 0. The first-order chi connectivity index (χ1) is 7.65. The van der Waals surface area contributed by atoms with Gasteiger partial charge in [-0.25, -0.2) is 4.39 Å². The highest BCUT2D eigenvalue weighted by atomic mass is 19.1. The Morgan fingerprint density at radius 1 is 0.938 bits per heavy atom. The number of aryl methyl sites for hydroxylation is 2. The summed E-state index contributed by atoms with van der Waals surface area (Å²) >= 11 is 0. The molecule has 0 aliphatic rings. The summed E-state index contributed by atoms with van der Waals surface area (Å²) in [4.78, 5) is 0. The fourth-order valence-electron chi connectivity index (χ4n) is 1.84. The van der Waals surface area contributed by atoms with Crippen LogP contribution in [0, 0.1) is 19.7 Å². The number of hydrogen-bond donors (Lipinski definition) is 0. The fourth-order valence-corrected chi connectivity index (χ4v) is 1.84. The van der Waals surface area contributed by atoms with Crippen LogP contribution >= 0.6 is 0 Å². The van der Waals surface area contributed by atoms with Crippen molar-refractivity contribution in [2.75, 3.05) is 0 Å². The maximum atomic E-state index is 13.6. The van der Waals surface area contributed by atoms with Crippen LogP contribution < -0.4 is 0 Å². The monoisotopic (exact) mass is 214 g/mol. The zero-order valence-electron chi connectivity index (χ0n) is 9.63. The number of rotatable bonds is 2. The molecule has 0 saturated carbocycles. The summed E-state index contributed by atoms with van der Waals surface area (Å²) in [5.41, 5.74) is 4.09. The van der Waals surface area contributed by atoms with Crippen molar-refractivity contribution in [3.05, 3.63) is 70.5 Å². The van der Waals surface area contributed by atoms with E-state index in [4.69, 9.17) is 0 Å². The van der Waals surface area contributed by atoms with Crippen molar-refractivity contribution in [1.82, 2.24) is 0 Å². The maximum Gasteiger partial charge on any atom is 0.126 e. The molecule has 0 spiro atoms. The van der Waals surface area contributed by atoms with Crippen molar-refractivity contribution >= 4 is 0 Å². The van der Waals surface area contributed by atoms with Crippen molar-refractivity contribution in [3.8, 4) is 0 Å². The van der Waals surface area contributed by atoms with Gasteiger partial charge in [-0.3, -0.25) is 0 Å². The molecule has 0 heterocycles.